The van der Waals surface area contributed by atoms with Crippen molar-refractivity contribution in [3.63, 3.8) is 0 Å². The van der Waals surface area contributed by atoms with Gasteiger partial charge in [-0.3, -0.25) is 4.98 Å². The number of benzene rings is 1. The van der Waals surface area contributed by atoms with Crippen LogP contribution in [0.3, 0.4) is 0 Å². The molecule has 4 nitrogen and oxygen atoms in total. The highest BCUT2D eigenvalue weighted by Crippen LogP contribution is 2.26. The van der Waals surface area contributed by atoms with Crippen molar-refractivity contribution in [1.82, 2.24) is 15.2 Å². The molecule has 0 atom stereocenters. The average Bonchev–Trinajstić information content (AvgIpc) is 2.46. The topological polar surface area (TPSA) is 64.7 Å². The van der Waals surface area contributed by atoms with E-state index < -0.39 is 0 Å². The fourth-order valence-corrected chi connectivity index (χ4v) is 2.21. The fraction of sp³-hybridized carbons (Fsp3) is 0.0714. The lowest BCUT2D eigenvalue weighted by Gasteiger charge is -2.06. The van der Waals surface area contributed by atoms with Gasteiger partial charge in [-0.25, -0.2) is 0 Å². The van der Waals surface area contributed by atoms with Gasteiger partial charge in [0.15, 0.2) is 0 Å². The second kappa shape index (κ2) is 4.91. The molecule has 3 aromatic rings. The summed E-state index contributed by atoms with van der Waals surface area (Å²) in [6, 6.07) is 7.93. The summed E-state index contributed by atoms with van der Waals surface area (Å²) in [5, 5.41) is 10.6. The van der Waals surface area contributed by atoms with Crippen LogP contribution in [0.4, 0.5) is 0 Å². The number of fused-ring (bicyclic) bond motifs is 1. The quantitative estimate of drug-likeness (QED) is 0.778. The zero-order chi connectivity index (χ0) is 13.2. The van der Waals surface area contributed by atoms with Crippen molar-refractivity contribution < 1.29 is 0 Å². The first kappa shape index (κ1) is 12.0. The highest BCUT2D eigenvalue weighted by molar-refractivity contribution is 6.30. The summed E-state index contributed by atoms with van der Waals surface area (Å²) in [6.45, 7) is 0.363. The Morgan fingerprint density at radius 2 is 1.95 bits per heavy atom. The molecule has 0 aliphatic carbocycles. The molecule has 0 saturated carbocycles. The van der Waals surface area contributed by atoms with E-state index in [0.29, 0.717) is 11.6 Å². The standard InChI is InChI=1S/C14H11ClN4/c15-12-3-11(6-17-8-12)9-1-2-10-7-18-19-14(5-16)13(10)4-9/h1-4,6-8H,5,16H2. The Bertz CT molecular complexity index is 742. The lowest BCUT2D eigenvalue weighted by Crippen LogP contribution is -2.01. The molecule has 2 N–H and O–H groups in total. The van der Waals surface area contributed by atoms with E-state index in [1.165, 1.54) is 0 Å². The molecule has 3 rings (SSSR count). The van der Waals surface area contributed by atoms with Gasteiger partial charge in [-0.05, 0) is 17.7 Å². The molecule has 5 heteroatoms. The number of rotatable bonds is 2. The summed E-state index contributed by atoms with van der Waals surface area (Å²) in [5.74, 6) is 0. The van der Waals surface area contributed by atoms with E-state index in [1.807, 2.05) is 24.3 Å². The third-order valence-electron chi connectivity index (χ3n) is 2.97. The van der Waals surface area contributed by atoms with E-state index in [0.717, 1.165) is 27.6 Å². The van der Waals surface area contributed by atoms with E-state index in [4.69, 9.17) is 17.3 Å². The smallest absolute Gasteiger partial charge is 0.0845 e. The molecular formula is C14H11ClN4. The van der Waals surface area contributed by atoms with Crippen LogP contribution in [0.25, 0.3) is 21.9 Å². The molecule has 0 fully saturated rings. The molecule has 0 radical (unpaired) electrons. The molecule has 0 aliphatic rings. The maximum Gasteiger partial charge on any atom is 0.0845 e. The minimum Gasteiger partial charge on any atom is -0.325 e. The number of pyridine rings is 1. The predicted octanol–water partition coefficient (Wildman–Crippen LogP) is 2.80. The van der Waals surface area contributed by atoms with Crippen LogP contribution in [0.15, 0.2) is 42.9 Å². The van der Waals surface area contributed by atoms with Crippen molar-refractivity contribution in [3.05, 3.63) is 53.6 Å². The molecular weight excluding hydrogens is 260 g/mol. The number of nitrogens with zero attached hydrogens (tertiary/aromatic N) is 3. The predicted molar refractivity (Wildman–Crippen MR) is 75.7 cm³/mol. The second-order valence-electron chi connectivity index (χ2n) is 4.19. The van der Waals surface area contributed by atoms with Crippen molar-refractivity contribution in [2.24, 2.45) is 5.73 Å². The second-order valence-corrected chi connectivity index (χ2v) is 4.63. The van der Waals surface area contributed by atoms with Crippen molar-refractivity contribution in [2.45, 2.75) is 6.54 Å². The van der Waals surface area contributed by atoms with Crippen LogP contribution in [-0.2, 0) is 6.54 Å². The zero-order valence-electron chi connectivity index (χ0n) is 10.0. The molecule has 0 saturated heterocycles. The summed E-state index contributed by atoms with van der Waals surface area (Å²) in [5.41, 5.74) is 8.48. The lowest BCUT2D eigenvalue weighted by molar-refractivity contribution is 0.918. The zero-order valence-corrected chi connectivity index (χ0v) is 10.8. The van der Waals surface area contributed by atoms with Crippen molar-refractivity contribution >= 4 is 22.4 Å². The Labute approximate surface area is 115 Å². The normalized spacial score (nSPS) is 10.8. The molecule has 0 aliphatic heterocycles. The van der Waals surface area contributed by atoms with Gasteiger partial charge in [0.25, 0.3) is 0 Å². The van der Waals surface area contributed by atoms with Crippen LogP contribution in [0.1, 0.15) is 5.69 Å². The summed E-state index contributed by atoms with van der Waals surface area (Å²) < 4.78 is 0. The Hall–Kier alpha value is -2.04. The highest BCUT2D eigenvalue weighted by Gasteiger charge is 2.05. The first-order valence-electron chi connectivity index (χ1n) is 5.83. The van der Waals surface area contributed by atoms with Gasteiger partial charge < -0.3 is 5.73 Å². The van der Waals surface area contributed by atoms with Gasteiger partial charge in [-0.15, -0.1) is 0 Å². The molecule has 19 heavy (non-hydrogen) atoms. The highest BCUT2D eigenvalue weighted by atomic mass is 35.5. The number of halogens is 1. The Balaban J connectivity index is 2.21. The van der Waals surface area contributed by atoms with E-state index >= 15 is 0 Å². The summed E-state index contributed by atoms with van der Waals surface area (Å²) >= 11 is 5.97. The van der Waals surface area contributed by atoms with E-state index in [-0.39, 0.29) is 0 Å². The van der Waals surface area contributed by atoms with Crippen LogP contribution in [0, 0.1) is 0 Å². The molecule has 1 aromatic carbocycles. The molecule has 0 unspecified atom stereocenters. The van der Waals surface area contributed by atoms with Crippen LogP contribution >= 0.6 is 11.6 Å². The largest absolute Gasteiger partial charge is 0.325 e. The van der Waals surface area contributed by atoms with Gasteiger partial charge in [0.1, 0.15) is 0 Å². The lowest BCUT2D eigenvalue weighted by atomic mass is 10.0. The number of nitrogens with two attached hydrogens (primary N) is 1. The van der Waals surface area contributed by atoms with Crippen LogP contribution in [0.5, 0.6) is 0 Å². The maximum absolute atomic E-state index is 5.97. The van der Waals surface area contributed by atoms with Gasteiger partial charge >= 0.3 is 0 Å². The Morgan fingerprint density at radius 3 is 2.74 bits per heavy atom. The fourth-order valence-electron chi connectivity index (χ4n) is 2.03. The first-order valence-corrected chi connectivity index (χ1v) is 6.21. The van der Waals surface area contributed by atoms with Crippen LogP contribution in [-0.4, -0.2) is 15.2 Å². The Morgan fingerprint density at radius 1 is 1.05 bits per heavy atom. The third kappa shape index (κ3) is 2.28. The van der Waals surface area contributed by atoms with Gasteiger partial charge in [0.05, 0.1) is 16.9 Å². The molecule has 94 valence electrons. The molecule has 2 heterocycles. The van der Waals surface area contributed by atoms with Crippen LogP contribution < -0.4 is 5.73 Å². The van der Waals surface area contributed by atoms with Gasteiger partial charge in [0, 0.05) is 35.3 Å². The summed E-state index contributed by atoms with van der Waals surface area (Å²) in [4.78, 5) is 4.10. The van der Waals surface area contributed by atoms with Crippen molar-refractivity contribution in [2.75, 3.05) is 0 Å². The third-order valence-corrected chi connectivity index (χ3v) is 3.18. The molecule has 0 bridgehead atoms. The number of aromatic nitrogens is 3. The van der Waals surface area contributed by atoms with E-state index in [2.05, 4.69) is 15.2 Å². The van der Waals surface area contributed by atoms with Crippen molar-refractivity contribution in [1.29, 1.82) is 0 Å². The van der Waals surface area contributed by atoms with E-state index in [1.54, 1.807) is 18.6 Å². The molecule has 0 amide bonds. The molecule has 0 spiro atoms. The summed E-state index contributed by atoms with van der Waals surface area (Å²) in [7, 11) is 0. The Kier molecular flexibility index (Phi) is 3.11. The minimum atomic E-state index is 0.363. The average molecular weight is 271 g/mol. The first-order chi connectivity index (χ1) is 9.28. The van der Waals surface area contributed by atoms with Gasteiger partial charge in [-0.2, -0.15) is 10.2 Å². The van der Waals surface area contributed by atoms with Crippen LogP contribution in [0.2, 0.25) is 5.02 Å². The monoisotopic (exact) mass is 270 g/mol. The summed E-state index contributed by atoms with van der Waals surface area (Å²) in [6.07, 6.45) is 5.13. The minimum absolute atomic E-state index is 0.363. The van der Waals surface area contributed by atoms with Crippen molar-refractivity contribution in [3.8, 4) is 11.1 Å². The SMILES string of the molecule is NCc1nncc2ccc(-c3cncc(Cl)c3)cc12. The maximum atomic E-state index is 5.97. The van der Waals surface area contributed by atoms with Gasteiger partial charge in [-0.1, -0.05) is 23.7 Å². The van der Waals surface area contributed by atoms with Gasteiger partial charge in [0.2, 0.25) is 0 Å². The number of hydrogen-bond donors (Lipinski definition) is 1. The molecule has 2 aromatic heterocycles. The number of hydrogen-bond acceptors (Lipinski definition) is 4. The van der Waals surface area contributed by atoms with E-state index in [9.17, 15) is 0 Å².